The van der Waals surface area contributed by atoms with Crippen molar-refractivity contribution < 1.29 is 32.2 Å². The van der Waals surface area contributed by atoms with Gasteiger partial charge < -0.3 is 20.1 Å². The molecule has 0 unspecified atom stereocenters. The summed E-state index contributed by atoms with van der Waals surface area (Å²) in [6, 6.07) is 8.88. The first-order chi connectivity index (χ1) is 14.1. The van der Waals surface area contributed by atoms with Crippen molar-refractivity contribution in [1.82, 2.24) is 5.32 Å². The van der Waals surface area contributed by atoms with Gasteiger partial charge in [-0.3, -0.25) is 9.59 Å². The molecule has 0 spiro atoms. The van der Waals surface area contributed by atoms with Crippen molar-refractivity contribution in [2.45, 2.75) is 6.18 Å². The van der Waals surface area contributed by atoms with Crippen LogP contribution in [0.4, 0.5) is 18.9 Å². The van der Waals surface area contributed by atoms with Crippen LogP contribution in [0.3, 0.4) is 0 Å². The summed E-state index contributed by atoms with van der Waals surface area (Å²) >= 11 is 6.11. The lowest BCUT2D eigenvalue weighted by Gasteiger charge is -2.12. The number of rotatable bonds is 7. The van der Waals surface area contributed by atoms with Crippen molar-refractivity contribution in [2.75, 3.05) is 26.1 Å². The van der Waals surface area contributed by atoms with Crippen molar-refractivity contribution in [1.29, 1.82) is 0 Å². The molecule has 0 atom stereocenters. The highest BCUT2D eigenvalue weighted by Gasteiger charge is 2.28. The average molecular weight is 443 g/mol. The number of halogens is 4. The fraction of sp³-hybridized carbons (Fsp3) is 0.200. The zero-order valence-electron chi connectivity index (χ0n) is 16.0. The third-order valence-electron chi connectivity index (χ3n) is 3.76. The van der Waals surface area contributed by atoms with Crippen LogP contribution in [0.15, 0.2) is 42.5 Å². The number of ether oxygens (including phenoxy) is 2. The van der Waals surface area contributed by atoms with Gasteiger partial charge in [0, 0.05) is 6.08 Å². The Morgan fingerprint density at radius 1 is 1.13 bits per heavy atom. The number of benzene rings is 2. The molecular weight excluding hydrogens is 425 g/mol. The molecule has 0 aliphatic rings. The predicted molar refractivity (Wildman–Crippen MR) is 107 cm³/mol. The molecule has 0 radical (unpaired) electrons. The third-order valence-corrected chi connectivity index (χ3v) is 4.04. The predicted octanol–water partition coefficient (Wildman–Crippen LogP) is 4.30. The van der Waals surface area contributed by atoms with Gasteiger partial charge in [-0.2, -0.15) is 13.2 Å². The maximum atomic E-state index is 12.3. The van der Waals surface area contributed by atoms with E-state index in [1.807, 2.05) is 0 Å². The van der Waals surface area contributed by atoms with Crippen LogP contribution in [0.1, 0.15) is 15.9 Å². The molecule has 2 aromatic carbocycles. The molecule has 6 nitrogen and oxygen atoms in total. The summed E-state index contributed by atoms with van der Waals surface area (Å²) in [5.74, 6) is -0.841. The van der Waals surface area contributed by atoms with Gasteiger partial charge in [0.15, 0.2) is 11.5 Å². The van der Waals surface area contributed by atoms with Crippen LogP contribution in [0.5, 0.6) is 11.5 Å². The van der Waals surface area contributed by atoms with Gasteiger partial charge in [-0.05, 0) is 35.9 Å². The van der Waals surface area contributed by atoms with Gasteiger partial charge >= 0.3 is 6.18 Å². The molecule has 0 aliphatic heterocycles. The molecule has 2 amide bonds. The van der Waals surface area contributed by atoms with Crippen LogP contribution < -0.4 is 20.1 Å². The number of anilines is 1. The van der Waals surface area contributed by atoms with Crippen molar-refractivity contribution >= 4 is 35.2 Å². The second-order valence-electron chi connectivity index (χ2n) is 5.90. The maximum Gasteiger partial charge on any atom is 0.405 e. The Hall–Kier alpha value is -3.20. The Morgan fingerprint density at radius 3 is 2.47 bits per heavy atom. The van der Waals surface area contributed by atoms with Gasteiger partial charge in [0.1, 0.15) is 6.54 Å². The lowest BCUT2D eigenvalue weighted by atomic mass is 10.1. The minimum atomic E-state index is -4.54. The lowest BCUT2D eigenvalue weighted by Crippen LogP contribution is -2.34. The van der Waals surface area contributed by atoms with E-state index in [1.54, 1.807) is 17.4 Å². The molecule has 10 heteroatoms. The van der Waals surface area contributed by atoms with Crippen LogP contribution in [0.2, 0.25) is 5.02 Å². The highest BCUT2D eigenvalue weighted by Crippen LogP contribution is 2.36. The van der Waals surface area contributed by atoms with E-state index in [1.165, 1.54) is 50.6 Å². The highest BCUT2D eigenvalue weighted by molar-refractivity contribution is 6.32. The van der Waals surface area contributed by atoms with E-state index < -0.39 is 24.5 Å². The molecular formula is C20H18ClF3N2O4. The first kappa shape index (κ1) is 23.1. The Labute approximate surface area is 175 Å². The zero-order chi connectivity index (χ0) is 22.3. The number of hydrogen-bond donors (Lipinski definition) is 2. The van der Waals surface area contributed by atoms with E-state index >= 15 is 0 Å². The summed E-state index contributed by atoms with van der Waals surface area (Å²) in [5, 5.41) is 4.52. The van der Waals surface area contributed by atoms with Crippen molar-refractivity contribution in [3.8, 4) is 11.5 Å². The molecule has 2 rings (SSSR count). The molecule has 0 aliphatic carbocycles. The fourth-order valence-corrected chi connectivity index (χ4v) is 2.74. The molecule has 2 N–H and O–H groups in total. The summed E-state index contributed by atoms with van der Waals surface area (Å²) in [6.07, 6.45) is -1.91. The minimum absolute atomic E-state index is 0.0668. The Kier molecular flexibility index (Phi) is 7.71. The van der Waals surface area contributed by atoms with Gasteiger partial charge in [0.2, 0.25) is 5.91 Å². The van der Waals surface area contributed by atoms with Gasteiger partial charge in [0.05, 0.1) is 30.5 Å². The van der Waals surface area contributed by atoms with E-state index in [2.05, 4.69) is 5.32 Å². The normalized spacial score (nSPS) is 11.3. The van der Waals surface area contributed by atoms with E-state index in [9.17, 15) is 22.8 Å². The molecule has 0 fully saturated rings. The van der Waals surface area contributed by atoms with Crippen molar-refractivity contribution in [3.63, 3.8) is 0 Å². The number of amides is 2. The van der Waals surface area contributed by atoms with Gasteiger partial charge in [-0.25, -0.2) is 0 Å². The third kappa shape index (κ3) is 6.41. The van der Waals surface area contributed by atoms with Gasteiger partial charge in [0.25, 0.3) is 5.91 Å². The topological polar surface area (TPSA) is 76.7 Å². The SMILES string of the molecule is COc1cc(/C=C/C(=O)Nc2ccccc2C(=O)NCC(F)(F)F)cc(Cl)c1OC. The highest BCUT2D eigenvalue weighted by atomic mass is 35.5. The standard InChI is InChI=1S/C20H18ClF3N2O4/c1-29-16-10-12(9-14(21)18(16)30-2)7-8-17(27)26-15-6-4-3-5-13(15)19(28)25-11-20(22,23)24/h3-10H,11H2,1-2H3,(H,25,28)(H,26,27)/b8-7+. The van der Waals surface area contributed by atoms with Crippen LogP contribution in [0.25, 0.3) is 6.08 Å². The minimum Gasteiger partial charge on any atom is -0.493 e. The first-order valence-corrected chi connectivity index (χ1v) is 8.87. The molecule has 0 saturated carbocycles. The second kappa shape index (κ2) is 10.0. The molecule has 0 bridgehead atoms. The van der Waals surface area contributed by atoms with Gasteiger partial charge in [-0.1, -0.05) is 23.7 Å². The quantitative estimate of drug-likeness (QED) is 0.627. The van der Waals surface area contributed by atoms with E-state index in [-0.39, 0.29) is 16.3 Å². The lowest BCUT2D eigenvalue weighted by molar-refractivity contribution is -0.123. The van der Waals surface area contributed by atoms with Crippen LogP contribution in [-0.4, -0.2) is 38.8 Å². The van der Waals surface area contributed by atoms with Gasteiger partial charge in [-0.15, -0.1) is 0 Å². The van der Waals surface area contributed by atoms with Crippen molar-refractivity contribution in [3.05, 3.63) is 58.6 Å². The number of carbonyl (C=O) groups is 2. The second-order valence-corrected chi connectivity index (χ2v) is 6.31. The number of para-hydroxylation sites is 1. The van der Waals surface area contributed by atoms with Crippen LogP contribution >= 0.6 is 11.6 Å². The number of nitrogens with one attached hydrogen (secondary N) is 2. The van der Waals surface area contributed by atoms with E-state index in [4.69, 9.17) is 21.1 Å². The summed E-state index contributed by atoms with van der Waals surface area (Å²) in [7, 11) is 2.88. The molecule has 30 heavy (non-hydrogen) atoms. The summed E-state index contributed by atoms with van der Waals surface area (Å²) in [6.45, 7) is -1.48. The Balaban J connectivity index is 2.14. The molecule has 160 valence electrons. The van der Waals surface area contributed by atoms with Crippen LogP contribution in [0, 0.1) is 0 Å². The summed E-state index contributed by atoms with van der Waals surface area (Å²) in [4.78, 5) is 24.3. The molecule has 0 heterocycles. The summed E-state index contributed by atoms with van der Waals surface area (Å²) in [5.41, 5.74) is 0.513. The fourth-order valence-electron chi connectivity index (χ4n) is 2.45. The first-order valence-electron chi connectivity index (χ1n) is 8.49. The maximum absolute atomic E-state index is 12.3. The molecule has 0 aromatic heterocycles. The molecule has 0 saturated heterocycles. The zero-order valence-corrected chi connectivity index (χ0v) is 16.7. The monoisotopic (exact) mass is 442 g/mol. The van der Waals surface area contributed by atoms with E-state index in [0.717, 1.165) is 0 Å². The smallest absolute Gasteiger partial charge is 0.405 e. The van der Waals surface area contributed by atoms with Crippen molar-refractivity contribution in [2.24, 2.45) is 0 Å². The number of alkyl halides is 3. The van der Waals surface area contributed by atoms with Crippen LogP contribution in [-0.2, 0) is 4.79 Å². The number of hydrogen-bond acceptors (Lipinski definition) is 4. The number of methoxy groups -OCH3 is 2. The largest absolute Gasteiger partial charge is 0.493 e. The van der Waals surface area contributed by atoms with E-state index in [0.29, 0.717) is 17.1 Å². The Morgan fingerprint density at radius 2 is 1.83 bits per heavy atom. The number of carbonyl (C=O) groups excluding carboxylic acids is 2. The molecule has 2 aromatic rings. The average Bonchev–Trinajstić information content (AvgIpc) is 2.69. The summed E-state index contributed by atoms with van der Waals surface area (Å²) < 4.78 is 47.3. The Bertz CT molecular complexity index is 962.